The van der Waals surface area contributed by atoms with Gasteiger partial charge in [0.1, 0.15) is 12.8 Å². The van der Waals surface area contributed by atoms with Crippen LogP contribution in [0.5, 0.6) is 0 Å². The van der Waals surface area contributed by atoms with Crippen LogP contribution < -0.4 is 10.6 Å². The van der Waals surface area contributed by atoms with Gasteiger partial charge in [0.05, 0.1) is 6.61 Å². The Morgan fingerprint density at radius 3 is 2.83 bits per heavy atom. The van der Waals surface area contributed by atoms with Gasteiger partial charge in [0.15, 0.2) is 5.82 Å². The molecule has 0 spiro atoms. The number of urea groups is 1. The molecule has 8 heteroatoms. The Kier molecular flexibility index (Phi) is 6.86. The molecule has 1 aliphatic carbocycles. The molecule has 23 heavy (non-hydrogen) atoms. The van der Waals surface area contributed by atoms with Crippen LogP contribution in [0.2, 0.25) is 0 Å². The van der Waals surface area contributed by atoms with Crippen molar-refractivity contribution in [2.24, 2.45) is 0 Å². The zero-order chi connectivity index (χ0) is 16.5. The molecular weight excluding hydrogens is 300 g/mol. The predicted molar refractivity (Wildman–Crippen MR) is 84.0 cm³/mol. The van der Waals surface area contributed by atoms with E-state index in [1.165, 1.54) is 17.6 Å². The second kappa shape index (κ2) is 9.14. The fourth-order valence-corrected chi connectivity index (χ4v) is 2.60. The molecule has 1 aliphatic rings. The molecule has 2 rings (SSSR count). The average Bonchev–Trinajstić information content (AvgIpc) is 3.05. The summed E-state index contributed by atoms with van der Waals surface area (Å²) >= 11 is 0. The first-order valence-electron chi connectivity index (χ1n) is 7.93. The predicted octanol–water partition coefficient (Wildman–Crippen LogP) is 1.60. The van der Waals surface area contributed by atoms with E-state index < -0.39 is 0 Å². The highest BCUT2D eigenvalue weighted by Crippen LogP contribution is 2.17. The molecule has 0 radical (unpaired) electrons. The van der Waals surface area contributed by atoms with Crippen LogP contribution in [0.1, 0.15) is 32.1 Å². The molecule has 1 aromatic rings. The summed E-state index contributed by atoms with van der Waals surface area (Å²) in [4.78, 5) is 25.9. The standard InChI is InChI=1S/C15H24N4O4/c1-22-10-8-19(11-14(20)17-13-7-9-23-18-13)15(21)16-12-5-3-2-4-6-12/h7,9,12H,2-6,8,10-11H2,1H3,(H,16,21)(H,17,18,20). The molecule has 3 amide bonds. The maximum atomic E-state index is 12.4. The average molecular weight is 324 g/mol. The minimum Gasteiger partial charge on any atom is -0.383 e. The Morgan fingerprint density at radius 1 is 1.39 bits per heavy atom. The van der Waals surface area contributed by atoms with Crippen molar-refractivity contribution >= 4 is 17.8 Å². The minimum absolute atomic E-state index is 0.0607. The highest BCUT2D eigenvalue weighted by molar-refractivity contribution is 5.93. The molecular formula is C15H24N4O4. The summed E-state index contributed by atoms with van der Waals surface area (Å²) in [5.41, 5.74) is 0. The molecule has 1 saturated carbocycles. The lowest BCUT2D eigenvalue weighted by atomic mass is 9.96. The highest BCUT2D eigenvalue weighted by atomic mass is 16.5. The van der Waals surface area contributed by atoms with Crippen LogP contribution >= 0.6 is 0 Å². The zero-order valence-corrected chi connectivity index (χ0v) is 13.4. The number of methoxy groups -OCH3 is 1. The van der Waals surface area contributed by atoms with Gasteiger partial charge in [-0.15, -0.1) is 0 Å². The summed E-state index contributed by atoms with van der Waals surface area (Å²) in [6.07, 6.45) is 6.85. The van der Waals surface area contributed by atoms with Crippen molar-refractivity contribution in [3.63, 3.8) is 0 Å². The van der Waals surface area contributed by atoms with Crippen LogP contribution in [0, 0.1) is 0 Å². The van der Waals surface area contributed by atoms with E-state index in [2.05, 4.69) is 20.3 Å². The van der Waals surface area contributed by atoms with Crippen molar-refractivity contribution in [1.82, 2.24) is 15.4 Å². The van der Waals surface area contributed by atoms with Crippen LogP contribution in [0.25, 0.3) is 0 Å². The third-order valence-electron chi connectivity index (χ3n) is 3.83. The van der Waals surface area contributed by atoms with Crippen molar-refractivity contribution in [3.8, 4) is 0 Å². The fourth-order valence-electron chi connectivity index (χ4n) is 2.60. The van der Waals surface area contributed by atoms with E-state index in [1.807, 2.05) is 0 Å². The number of carbonyl (C=O) groups is 2. The van der Waals surface area contributed by atoms with Gasteiger partial charge in [-0.1, -0.05) is 24.4 Å². The maximum absolute atomic E-state index is 12.4. The Bertz CT molecular complexity index is 486. The molecule has 128 valence electrons. The lowest BCUT2D eigenvalue weighted by Gasteiger charge is -2.28. The molecule has 1 heterocycles. The fraction of sp³-hybridized carbons (Fsp3) is 0.667. The number of amides is 3. The Labute approximate surface area is 135 Å². The van der Waals surface area contributed by atoms with Crippen LogP contribution in [-0.2, 0) is 9.53 Å². The molecule has 0 saturated heterocycles. The SMILES string of the molecule is COCCN(CC(=O)Nc1ccon1)C(=O)NC1CCCCC1. The third-order valence-corrected chi connectivity index (χ3v) is 3.83. The summed E-state index contributed by atoms with van der Waals surface area (Å²) in [7, 11) is 1.56. The smallest absolute Gasteiger partial charge is 0.318 e. The summed E-state index contributed by atoms with van der Waals surface area (Å²) in [6, 6.07) is 1.50. The highest BCUT2D eigenvalue weighted by Gasteiger charge is 2.21. The van der Waals surface area contributed by atoms with Crippen molar-refractivity contribution < 1.29 is 18.8 Å². The number of aromatic nitrogens is 1. The van der Waals surface area contributed by atoms with Crippen molar-refractivity contribution in [2.75, 3.05) is 32.1 Å². The van der Waals surface area contributed by atoms with Gasteiger partial charge in [-0.3, -0.25) is 4.79 Å². The largest absolute Gasteiger partial charge is 0.383 e. The second-order valence-electron chi connectivity index (χ2n) is 5.63. The van der Waals surface area contributed by atoms with E-state index in [-0.39, 0.29) is 24.5 Å². The first kappa shape index (κ1) is 17.3. The number of ether oxygens (including phenoxy) is 1. The molecule has 0 bridgehead atoms. The molecule has 0 aromatic carbocycles. The van der Waals surface area contributed by atoms with Gasteiger partial charge in [-0.25, -0.2) is 4.79 Å². The van der Waals surface area contributed by atoms with Crippen molar-refractivity contribution in [1.29, 1.82) is 0 Å². The number of hydrogen-bond acceptors (Lipinski definition) is 5. The number of nitrogens with zero attached hydrogens (tertiary/aromatic N) is 2. The molecule has 0 unspecified atom stereocenters. The molecule has 0 aliphatic heterocycles. The van der Waals surface area contributed by atoms with Gasteiger partial charge in [0.2, 0.25) is 5.91 Å². The first-order valence-corrected chi connectivity index (χ1v) is 7.93. The normalized spacial score (nSPS) is 15.2. The Morgan fingerprint density at radius 2 is 2.17 bits per heavy atom. The molecule has 8 nitrogen and oxygen atoms in total. The monoisotopic (exact) mass is 324 g/mol. The van der Waals surface area contributed by atoms with Gasteiger partial charge in [0.25, 0.3) is 0 Å². The number of carbonyl (C=O) groups excluding carboxylic acids is 2. The van der Waals surface area contributed by atoms with Crippen LogP contribution in [0.4, 0.5) is 10.6 Å². The van der Waals surface area contributed by atoms with Crippen LogP contribution in [-0.4, -0.2) is 54.8 Å². The topological polar surface area (TPSA) is 96.7 Å². The van der Waals surface area contributed by atoms with Crippen molar-refractivity contribution in [3.05, 3.63) is 12.3 Å². The Hall–Kier alpha value is -2.09. The van der Waals surface area contributed by atoms with E-state index in [1.54, 1.807) is 13.2 Å². The second-order valence-corrected chi connectivity index (χ2v) is 5.63. The van der Waals surface area contributed by atoms with Gasteiger partial charge in [-0.05, 0) is 12.8 Å². The Balaban J connectivity index is 1.86. The maximum Gasteiger partial charge on any atom is 0.318 e. The summed E-state index contributed by atoms with van der Waals surface area (Å²) in [5, 5.41) is 9.20. The number of anilines is 1. The molecule has 0 atom stereocenters. The van der Waals surface area contributed by atoms with Crippen LogP contribution in [0.15, 0.2) is 16.9 Å². The number of rotatable bonds is 7. The number of nitrogens with one attached hydrogen (secondary N) is 2. The summed E-state index contributed by atoms with van der Waals surface area (Å²) in [5.74, 6) is 0.00294. The van der Waals surface area contributed by atoms with Gasteiger partial charge < -0.3 is 24.8 Å². The minimum atomic E-state index is -0.325. The van der Waals surface area contributed by atoms with Crippen molar-refractivity contribution in [2.45, 2.75) is 38.1 Å². The van der Waals surface area contributed by atoms with E-state index in [4.69, 9.17) is 4.74 Å². The van der Waals surface area contributed by atoms with Crippen LogP contribution in [0.3, 0.4) is 0 Å². The number of hydrogen-bond donors (Lipinski definition) is 2. The molecule has 1 fully saturated rings. The lowest BCUT2D eigenvalue weighted by Crippen LogP contribution is -2.49. The van der Waals surface area contributed by atoms with Gasteiger partial charge in [0, 0.05) is 25.8 Å². The zero-order valence-electron chi connectivity index (χ0n) is 13.4. The lowest BCUT2D eigenvalue weighted by molar-refractivity contribution is -0.116. The quantitative estimate of drug-likeness (QED) is 0.794. The van der Waals surface area contributed by atoms with E-state index >= 15 is 0 Å². The molecule has 1 aromatic heterocycles. The summed E-state index contributed by atoms with van der Waals surface area (Å²) < 4.78 is 9.67. The summed E-state index contributed by atoms with van der Waals surface area (Å²) in [6.45, 7) is 0.658. The van der Waals surface area contributed by atoms with Gasteiger partial charge >= 0.3 is 6.03 Å². The van der Waals surface area contributed by atoms with E-state index in [9.17, 15) is 9.59 Å². The van der Waals surface area contributed by atoms with E-state index in [0.717, 1.165) is 25.7 Å². The third kappa shape index (κ3) is 5.90. The van der Waals surface area contributed by atoms with E-state index in [0.29, 0.717) is 19.0 Å². The molecule has 2 N–H and O–H groups in total. The van der Waals surface area contributed by atoms with Gasteiger partial charge in [-0.2, -0.15) is 0 Å². The first-order chi connectivity index (χ1) is 11.2.